The highest BCUT2D eigenvalue weighted by Crippen LogP contribution is 2.07. The first-order valence-electron chi connectivity index (χ1n) is 5.59. The molecule has 0 aromatic rings. The van der Waals surface area contributed by atoms with E-state index in [0.29, 0.717) is 0 Å². The van der Waals surface area contributed by atoms with Gasteiger partial charge < -0.3 is 10.2 Å². The average molecular weight is 227 g/mol. The van der Waals surface area contributed by atoms with Crippen LogP contribution in [0.5, 0.6) is 0 Å². The topological polar surface area (TPSA) is 61.4 Å². The number of nitrogens with one attached hydrogen (secondary N) is 2. The predicted molar refractivity (Wildman–Crippen MR) is 61.9 cm³/mol. The number of likely N-dealkylation sites (tertiary alicyclic amines) is 1. The third-order valence-corrected chi connectivity index (χ3v) is 2.45. The monoisotopic (exact) mass is 227 g/mol. The number of hydrogen-bond donors (Lipinski definition) is 2. The molecule has 0 spiro atoms. The van der Waals surface area contributed by atoms with Gasteiger partial charge in [0.15, 0.2) is 0 Å². The van der Waals surface area contributed by atoms with E-state index in [0.717, 1.165) is 13.0 Å². The van der Waals surface area contributed by atoms with Crippen molar-refractivity contribution in [2.45, 2.75) is 38.8 Å². The lowest BCUT2D eigenvalue weighted by Gasteiger charge is -2.21. The Morgan fingerprint density at radius 2 is 2.12 bits per heavy atom. The fourth-order valence-corrected chi connectivity index (χ4v) is 1.69. The quantitative estimate of drug-likeness (QED) is 0.697. The first kappa shape index (κ1) is 13.0. The zero-order valence-electron chi connectivity index (χ0n) is 10.5. The molecule has 1 aliphatic rings. The summed E-state index contributed by atoms with van der Waals surface area (Å²) in [5.74, 6) is -0.00147. The third kappa shape index (κ3) is 3.81. The van der Waals surface area contributed by atoms with Crippen molar-refractivity contribution in [2.75, 3.05) is 20.1 Å². The van der Waals surface area contributed by atoms with Gasteiger partial charge in [0.2, 0.25) is 11.8 Å². The molecule has 1 unspecified atom stereocenters. The normalized spacial score (nSPS) is 21.4. The van der Waals surface area contributed by atoms with Crippen LogP contribution in [0.3, 0.4) is 0 Å². The minimum atomic E-state index is -0.227. The molecule has 1 rings (SSSR count). The van der Waals surface area contributed by atoms with Crippen molar-refractivity contribution in [3.63, 3.8) is 0 Å². The zero-order valence-corrected chi connectivity index (χ0v) is 10.5. The predicted octanol–water partition coefficient (Wildman–Crippen LogP) is -0.279. The molecule has 92 valence electrons. The van der Waals surface area contributed by atoms with Crippen molar-refractivity contribution in [3.8, 4) is 0 Å². The second-order valence-corrected chi connectivity index (χ2v) is 5.28. The Balaban J connectivity index is 2.30. The van der Waals surface area contributed by atoms with E-state index >= 15 is 0 Å². The van der Waals surface area contributed by atoms with Crippen molar-refractivity contribution in [1.82, 2.24) is 15.5 Å². The van der Waals surface area contributed by atoms with Crippen molar-refractivity contribution in [1.29, 1.82) is 0 Å². The second kappa shape index (κ2) is 4.82. The number of likely N-dealkylation sites (N-methyl/N-ethyl adjacent to an activating group) is 1. The molecule has 0 radical (unpaired) electrons. The van der Waals surface area contributed by atoms with Crippen LogP contribution in [0.1, 0.15) is 27.2 Å². The van der Waals surface area contributed by atoms with Crippen molar-refractivity contribution < 1.29 is 9.59 Å². The lowest BCUT2D eigenvalue weighted by Crippen LogP contribution is -2.48. The van der Waals surface area contributed by atoms with Crippen LogP contribution in [-0.2, 0) is 9.59 Å². The molecule has 1 saturated heterocycles. The SMILES string of the molecule is CN1CCC(NCC(=O)NC(C)(C)C)C1=O. The summed E-state index contributed by atoms with van der Waals surface area (Å²) in [6.07, 6.45) is 0.776. The van der Waals surface area contributed by atoms with Gasteiger partial charge in [-0.15, -0.1) is 0 Å². The standard InChI is InChI=1S/C11H21N3O2/c1-11(2,3)13-9(15)7-12-8-5-6-14(4)10(8)16/h8,12H,5-7H2,1-4H3,(H,13,15). The van der Waals surface area contributed by atoms with E-state index in [1.54, 1.807) is 11.9 Å². The maximum atomic E-state index is 11.5. The smallest absolute Gasteiger partial charge is 0.239 e. The Kier molecular flexibility index (Phi) is 3.91. The molecule has 5 nitrogen and oxygen atoms in total. The van der Waals surface area contributed by atoms with E-state index in [-0.39, 0.29) is 29.9 Å². The lowest BCUT2D eigenvalue weighted by atomic mass is 10.1. The number of amides is 2. The minimum Gasteiger partial charge on any atom is -0.350 e. The van der Waals surface area contributed by atoms with E-state index in [1.807, 2.05) is 20.8 Å². The summed E-state index contributed by atoms with van der Waals surface area (Å²) in [6, 6.07) is -0.198. The second-order valence-electron chi connectivity index (χ2n) is 5.28. The Hall–Kier alpha value is -1.10. The highest BCUT2D eigenvalue weighted by molar-refractivity contribution is 5.85. The molecule has 1 fully saturated rings. The summed E-state index contributed by atoms with van der Waals surface area (Å²) in [6.45, 7) is 6.75. The fourth-order valence-electron chi connectivity index (χ4n) is 1.69. The van der Waals surface area contributed by atoms with E-state index in [9.17, 15) is 9.59 Å². The van der Waals surface area contributed by atoms with Crippen LogP contribution in [0.25, 0.3) is 0 Å². The van der Waals surface area contributed by atoms with Gasteiger partial charge in [-0.1, -0.05) is 0 Å². The van der Waals surface area contributed by atoms with Gasteiger partial charge in [0.1, 0.15) is 0 Å². The number of carbonyl (C=O) groups excluding carboxylic acids is 2. The molecular weight excluding hydrogens is 206 g/mol. The maximum Gasteiger partial charge on any atom is 0.239 e. The van der Waals surface area contributed by atoms with Gasteiger partial charge in [-0.05, 0) is 27.2 Å². The fraction of sp³-hybridized carbons (Fsp3) is 0.818. The van der Waals surface area contributed by atoms with Gasteiger partial charge in [0, 0.05) is 19.1 Å². The molecule has 0 bridgehead atoms. The molecule has 1 heterocycles. The van der Waals surface area contributed by atoms with Gasteiger partial charge in [-0.2, -0.15) is 0 Å². The van der Waals surface area contributed by atoms with Crippen LogP contribution in [0.2, 0.25) is 0 Å². The molecule has 16 heavy (non-hydrogen) atoms. The highest BCUT2D eigenvalue weighted by atomic mass is 16.2. The number of nitrogens with zero attached hydrogens (tertiary/aromatic N) is 1. The summed E-state index contributed by atoms with van der Waals surface area (Å²) in [7, 11) is 1.78. The number of rotatable bonds is 3. The molecule has 0 saturated carbocycles. The molecule has 2 amide bonds. The van der Waals surface area contributed by atoms with E-state index in [1.165, 1.54) is 0 Å². The Labute approximate surface area is 96.6 Å². The molecule has 2 N–H and O–H groups in total. The maximum absolute atomic E-state index is 11.5. The first-order valence-corrected chi connectivity index (χ1v) is 5.59. The molecule has 0 aromatic carbocycles. The van der Waals surface area contributed by atoms with Crippen LogP contribution in [0.4, 0.5) is 0 Å². The summed E-state index contributed by atoms with van der Waals surface area (Å²) in [5, 5.41) is 5.82. The van der Waals surface area contributed by atoms with Gasteiger partial charge in [0.05, 0.1) is 12.6 Å². The van der Waals surface area contributed by atoms with Crippen LogP contribution in [0, 0.1) is 0 Å². The van der Waals surface area contributed by atoms with Gasteiger partial charge in [0.25, 0.3) is 0 Å². The van der Waals surface area contributed by atoms with Gasteiger partial charge >= 0.3 is 0 Å². The number of carbonyl (C=O) groups is 2. The average Bonchev–Trinajstić information content (AvgIpc) is 2.42. The summed E-state index contributed by atoms with van der Waals surface area (Å²) >= 11 is 0. The molecule has 1 aliphatic heterocycles. The van der Waals surface area contributed by atoms with Crippen molar-refractivity contribution in [3.05, 3.63) is 0 Å². The van der Waals surface area contributed by atoms with E-state index in [2.05, 4.69) is 10.6 Å². The van der Waals surface area contributed by atoms with Crippen LogP contribution >= 0.6 is 0 Å². The third-order valence-electron chi connectivity index (χ3n) is 2.45. The molecule has 0 aliphatic carbocycles. The molecule has 5 heteroatoms. The van der Waals surface area contributed by atoms with Crippen molar-refractivity contribution in [2.24, 2.45) is 0 Å². The Morgan fingerprint density at radius 1 is 1.50 bits per heavy atom. The zero-order chi connectivity index (χ0) is 12.3. The van der Waals surface area contributed by atoms with E-state index in [4.69, 9.17) is 0 Å². The van der Waals surface area contributed by atoms with Crippen LogP contribution in [-0.4, -0.2) is 48.4 Å². The summed E-state index contributed by atoms with van der Waals surface area (Å²) < 4.78 is 0. The van der Waals surface area contributed by atoms with Crippen LogP contribution < -0.4 is 10.6 Å². The largest absolute Gasteiger partial charge is 0.350 e. The number of hydrogen-bond acceptors (Lipinski definition) is 3. The lowest BCUT2D eigenvalue weighted by molar-refractivity contribution is -0.128. The highest BCUT2D eigenvalue weighted by Gasteiger charge is 2.29. The molecule has 1 atom stereocenters. The van der Waals surface area contributed by atoms with Gasteiger partial charge in [-0.25, -0.2) is 0 Å². The first-order chi connectivity index (χ1) is 7.29. The summed E-state index contributed by atoms with van der Waals surface area (Å²) in [5.41, 5.74) is -0.227. The molecule has 0 aromatic heterocycles. The Bertz CT molecular complexity index is 283. The molecular formula is C11H21N3O2. The van der Waals surface area contributed by atoms with E-state index < -0.39 is 0 Å². The Morgan fingerprint density at radius 3 is 2.56 bits per heavy atom. The van der Waals surface area contributed by atoms with Crippen molar-refractivity contribution >= 4 is 11.8 Å². The van der Waals surface area contributed by atoms with Crippen LogP contribution in [0.15, 0.2) is 0 Å². The summed E-state index contributed by atoms with van der Waals surface area (Å²) in [4.78, 5) is 24.7. The van der Waals surface area contributed by atoms with Gasteiger partial charge in [-0.3, -0.25) is 14.9 Å². The minimum absolute atomic E-state index is 0.0727.